The van der Waals surface area contributed by atoms with E-state index >= 15 is 0 Å². The summed E-state index contributed by atoms with van der Waals surface area (Å²) in [6, 6.07) is 5.72. The molecule has 0 atom stereocenters. The SMILES string of the molecule is COc1ccc2ncc(Cl)c(N3CCC(CCNCc4cc5c(cn4)OCCO5)CC3)c2n1. The zero-order valence-corrected chi connectivity index (χ0v) is 19.5. The second-order valence-electron chi connectivity index (χ2n) is 8.39. The number of halogens is 1. The first kappa shape index (κ1) is 22.0. The molecule has 33 heavy (non-hydrogen) atoms. The number of nitrogens with one attached hydrogen (secondary N) is 1. The number of anilines is 1. The van der Waals surface area contributed by atoms with Crippen LogP contribution < -0.4 is 24.4 Å². The van der Waals surface area contributed by atoms with E-state index < -0.39 is 0 Å². The highest BCUT2D eigenvalue weighted by Crippen LogP contribution is 2.36. The molecule has 174 valence electrons. The molecule has 0 saturated carbocycles. The molecule has 2 aliphatic heterocycles. The van der Waals surface area contributed by atoms with Crippen LogP contribution in [-0.4, -0.2) is 54.9 Å². The number of hydrogen-bond donors (Lipinski definition) is 1. The standard InChI is InChI=1S/C24H28ClN5O3/c1-31-22-3-2-19-23(29-22)24(18(25)14-28-19)30-8-5-16(6-9-30)4-7-26-13-17-12-20-21(15-27-17)33-11-10-32-20/h2-3,12,14-16,26H,4-11,13H2,1H3. The molecule has 9 heteroatoms. The predicted molar refractivity (Wildman–Crippen MR) is 128 cm³/mol. The Morgan fingerprint density at radius 2 is 1.94 bits per heavy atom. The average Bonchev–Trinajstić information content (AvgIpc) is 2.86. The van der Waals surface area contributed by atoms with Crippen LogP contribution in [0.2, 0.25) is 5.02 Å². The monoisotopic (exact) mass is 469 g/mol. The molecule has 1 saturated heterocycles. The number of ether oxygens (including phenoxy) is 3. The fourth-order valence-electron chi connectivity index (χ4n) is 4.48. The van der Waals surface area contributed by atoms with Crippen LogP contribution in [0.15, 0.2) is 30.6 Å². The molecule has 1 fully saturated rings. The molecule has 2 aliphatic rings. The summed E-state index contributed by atoms with van der Waals surface area (Å²) < 4.78 is 16.5. The number of fused-ring (bicyclic) bond motifs is 2. The van der Waals surface area contributed by atoms with E-state index in [9.17, 15) is 0 Å². The molecule has 0 amide bonds. The third-order valence-corrected chi connectivity index (χ3v) is 6.55. The number of aromatic nitrogens is 3. The molecule has 0 unspecified atom stereocenters. The maximum atomic E-state index is 6.56. The van der Waals surface area contributed by atoms with Crippen LogP contribution in [0.4, 0.5) is 5.69 Å². The quantitative estimate of drug-likeness (QED) is 0.522. The fourth-order valence-corrected chi connectivity index (χ4v) is 4.74. The van der Waals surface area contributed by atoms with Crippen LogP contribution in [0.1, 0.15) is 25.0 Å². The van der Waals surface area contributed by atoms with Crippen molar-refractivity contribution in [1.29, 1.82) is 0 Å². The molecule has 0 aromatic carbocycles. The minimum absolute atomic E-state index is 0.571. The van der Waals surface area contributed by atoms with Gasteiger partial charge in [-0.2, -0.15) is 0 Å². The van der Waals surface area contributed by atoms with Gasteiger partial charge < -0.3 is 24.4 Å². The minimum atomic E-state index is 0.571. The number of piperidine rings is 1. The van der Waals surface area contributed by atoms with Crippen LogP contribution in [0, 0.1) is 5.92 Å². The number of methoxy groups -OCH3 is 1. The van der Waals surface area contributed by atoms with Gasteiger partial charge in [0, 0.05) is 38.0 Å². The summed E-state index contributed by atoms with van der Waals surface area (Å²) in [7, 11) is 1.62. The normalized spacial score (nSPS) is 16.2. The average molecular weight is 470 g/mol. The number of nitrogens with zero attached hydrogens (tertiary/aromatic N) is 4. The first-order valence-electron chi connectivity index (χ1n) is 11.4. The fraction of sp³-hybridized carbons (Fsp3) is 0.458. The molecule has 8 nitrogen and oxygen atoms in total. The van der Waals surface area contributed by atoms with Crippen molar-refractivity contribution in [2.45, 2.75) is 25.8 Å². The van der Waals surface area contributed by atoms with E-state index in [0.717, 1.165) is 79.4 Å². The van der Waals surface area contributed by atoms with Crippen molar-refractivity contribution in [3.63, 3.8) is 0 Å². The topological polar surface area (TPSA) is 81.6 Å². The van der Waals surface area contributed by atoms with Crippen LogP contribution in [-0.2, 0) is 6.54 Å². The van der Waals surface area contributed by atoms with Crippen molar-refractivity contribution in [1.82, 2.24) is 20.3 Å². The van der Waals surface area contributed by atoms with Crippen molar-refractivity contribution in [2.75, 3.05) is 44.9 Å². The Labute approximate surface area is 198 Å². The lowest BCUT2D eigenvalue weighted by molar-refractivity contribution is 0.170. The highest BCUT2D eigenvalue weighted by Gasteiger charge is 2.23. The Balaban J connectivity index is 1.13. The van der Waals surface area contributed by atoms with Gasteiger partial charge in [0.05, 0.1) is 35.2 Å². The van der Waals surface area contributed by atoms with Gasteiger partial charge >= 0.3 is 0 Å². The van der Waals surface area contributed by atoms with Crippen LogP contribution in [0.3, 0.4) is 0 Å². The van der Waals surface area contributed by atoms with Gasteiger partial charge in [-0.25, -0.2) is 4.98 Å². The zero-order valence-electron chi connectivity index (χ0n) is 18.7. The highest BCUT2D eigenvalue weighted by molar-refractivity contribution is 6.34. The Bertz CT molecular complexity index is 1120. The number of pyridine rings is 3. The summed E-state index contributed by atoms with van der Waals surface area (Å²) in [4.78, 5) is 15.8. The van der Waals surface area contributed by atoms with Crippen LogP contribution in [0.5, 0.6) is 17.4 Å². The van der Waals surface area contributed by atoms with Crippen molar-refractivity contribution in [3.8, 4) is 17.4 Å². The summed E-state index contributed by atoms with van der Waals surface area (Å²) in [5, 5.41) is 4.15. The molecule has 0 bridgehead atoms. The summed E-state index contributed by atoms with van der Waals surface area (Å²) >= 11 is 6.56. The van der Waals surface area contributed by atoms with Gasteiger partial charge in [-0.1, -0.05) is 11.6 Å². The van der Waals surface area contributed by atoms with Crippen molar-refractivity contribution in [3.05, 3.63) is 41.3 Å². The summed E-state index contributed by atoms with van der Waals surface area (Å²) in [6.45, 7) is 4.75. The molecule has 0 spiro atoms. The maximum absolute atomic E-state index is 6.56. The van der Waals surface area contributed by atoms with Crippen molar-refractivity contribution in [2.24, 2.45) is 5.92 Å². The van der Waals surface area contributed by atoms with E-state index in [1.807, 2.05) is 18.2 Å². The van der Waals surface area contributed by atoms with Gasteiger partial charge in [-0.05, 0) is 37.8 Å². The van der Waals surface area contributed by atoms with Crippen LogP contribution >= 0.6 is 11.6 Å². The molecule has 0 aliphatic carbocycles. The summed E-state index contributed by atoms with van der Waals surface area (Å²) in [6.07, 6.45) is 6.84. The molecular formula is C24H28ClN5O3. The Morgan fingerprint density at radius 3 is 2.76 bits per heavy atom. The summed E-state index contributed by atoms with van der Waals surface area (Å²) in [5.74, 6) is 2.76. The van der Waals surface area contributed by atoms with Gasteiger partial charge in [0.15, 0.2) is 11.5 Å². The van der Waals surface area contributed by atoms with Gasteiger partial charge in [-0.3, -0.25) is 9.97 Å². The second kappa shape index (κ2) is 9.97. The lowest BCUT2D eigenvalue weighted by atomic mass is 9.93. The Hall–Kier alpha value is -2.84. The molecular weight excluding hydrogens is 442 g/mol. The van der Waals surface area contributed by atoms with Crippen molar-refractivity contribution < 1.29 is 14.2 Å². The Morgan fingerprint density at radius 1 is 1.12 bits per heavy atom. The molecule has 3 aromatic heterocycles. The molecule has 5 heterocycles. The van der Waals surface area contributed by atoms with Gasteiger partial charge in [0.2, 0.25) is 5.88 Å². The van der Waals surface area contributed by atoms with Gasteiger partial charge in [0.1, 0.15) is 18.7 Å². The molecule has 1 N–H and O–H groups in total. The molecule has 3 aromatic rings. The van der Waals surface area contributed by atoms with E-state index in [0.29, 0.717) is 30.0 Å². The summed E-state index contributed by atoms with van der Waals surface area (Å²) in [5.41, 5.74) is 3.56. The van der Waals surface area contributed by atoms with Crippen LogP contribution in [0.25, 0.3) is 11.0 Å². The van der Waals surface area contributed by atoms with E-state index in [1.165, 1.54) is 0 Å². The second-order valence-corrected chi connectivity index (χ2v) is 8.80. The lowest BCUT2D eigenvalue weighted by Crippen LogP contribution is -2.35. The number of rotatable bonds is 7. The number of hydrogen-bond acceptors (Lipinski definition) is 8. The zero-order chi connectivity index (χ0) is 22.6. The largest absolute Gasteiger partial charge is 0.486 e. The first-order valence-corrected chi connectivity index (χ1v) is 11.8. The minimum Gasteiger partial charge on any atom is -0.486 e. The lowest BCUT2D eigenvalue weighted by Gasteiger charge is -2.34. The maximum Gasteiger partial charge on any atom is 0.213 e. The highest BCUT2D eigenvalue weighted by atomic mass is 35.5. The van der Waals surface area contributed by atoms with Gasteiger partial charge in [-0.15, -0.1) is 0 Å². The van der Waals surface area contributed by atoms with Crippen molar-refractivity contribution >= 4 is 28.3 Å². The predicted octanol–water partition coefficient (Wildman–Crippen LogP) is 3.85. The first-order chi connectivity index (χ1) is 16.2. The molecule has 5 rings (SSSR count). The van der Waals surface area contributed by atoms with E-state index in [1.54, 1.807) is 19.5 Å². The van der Waals surface area contributed by atoms with E-state index in [4.69, 9.17) is 25.8 Å². The van der Waals surface area contributed by atoms with Gasteiger partial charge in [0.25, 0.3) is 0 Å². The third kappa shape index (κ3) is 4.91. The van der Waals surface area contributed by atoms with E-state index in [2.05, 4.69) is 25.2 Å². The smallest absolute Gasteiger partial charge is 0.213 e. The third-order valence-electron chi connectivity index (χ3n) is 6.28. The molecule has 0 radical (unpaired) electrons. The van der Waals surface area contributed by atoms with E-state index in [-0.39, 0.29) is 0 Å². The Kier molecular flexibility index (Phi) is 6.64.